The third-order valence-corrected chi connectivity index (χ3v) is 6.27. The minimum Gasteiger partial charge on any atom is -0.450 e. The van der Waals surface area contributed by atoms with Gasteiger partial charge >= 0.3 is 12.2 Å². The molecule has 1 spiro atoms. The third kappa shape index (κ3) is 3.24. The van der Waals surface area contributed by atoms with E-state index in [0.29, 0.717) is 12.5 Å². The molecule has 2 unspecified atom stereocenters. The minimum absolute atomic E-state index is 0.141. The zero-order chi connectivity index (χ0) is 19.0. The molecule has 27 heavy (non-hydrogen) atoms. The second-order valence-electron chi connectivity index (χ2n) is 7.87. The second kappa shape index (κ2) is 7.22. The van der Waals surface area contributed by atoms with Gasteiger partial charge in [-0.2, -0.15) is 5.01 Å². The van der Waals surface area contributed by atoms with E-state index in [1.165, 1.54) is 5.70 Å². The van der Waals surface area contributed by atoms with Crippen molar-refractivity contribution in [1.82, 2.24) is 20.2 Å². The molecule has 2 bridgehead atoms. The van der Waals surface area contributed by atoms with Crippen molar-refractivity contribution in [3.05, 3.63) is 11.8 Å². The van der Waals surface area contributed by atoms with Gasteiger partial charge in [-0.3, -0.25) is 5.43 Å². The zero-order valence-electron chi connectivity index (χ0n) is 16.3. The summed E-state index contributed by atoms with van der Waals surface area (Å²) in [4.78, 5) is 28.3. The second-order valence-corrected chi connectivity index (χ2v) is 7.87. The Labute approximate surface area is 160 Å². The number of carbonyl (C=O) groups is 2. The maximum Gasteiger partial charge on any atom is 0.423 e. The van der Waals surface area contributed by atoms with Gasteiger partial charge in [-0.25, -0.2) is 9.59 Å². The van der Waals surface area contributed by atoms with Gasteiger partial charge < -0.3 is 19.3 Å². The van der Waals surface area contributed by atoms with Crippen LogP contribution in [0.15, 0.2) is 11.8 Å². The fraction of sp³-hybridized carbons (Fsp3) is 0.789. The quantitative estimate of drug-likeness (QED) is 0.809. The van der Waals surface area contributed by atoms with Crippen molar-refractivity contribution < 1.29 is 19.1 Å². The molecule has 8 nitrogen and oxygen atoms in total. The van der Waals surface area contributed by atoms with E-state index in [9.17, 15) is 9.59 Å². The van der Waals surface area contributed by atoms with E-state index < -0.39 is 5.72 Å². The fourth-order valence-corrected chi connectivity index (χ4v) is 4.95. The molecule has 0 radical (unpaired) electrons. The lowest BCUT2D eigenvalue weighted by molar-refractivity contribution is -0.105. The SMILES string of the molecule is CCCN1NC(=O)OC12CCN(C1=CC3CCC1CN3C(=O)OCC)CC2. The number of carbonyl (C=O) groups excluding carboxylic acids is 2. The molecule has 5 aliphatic rings. The van der Waals surface area contributed by atoms with Gasteiger partial charge in [0.15, 0.2) is 5.72 Å². The zero-order valence-corrected chi connectivity index (χ0v) is 16.3. The molecule has 0 aromatic rings. The molecule has 0 saturated carbocycles. The van der Waals surface area contributed by atoms with E-state index in [4.69, 9.17) is 9.47 Å². The minimum atomic E-state index is -0.505. The number of rotatable bonds is 4. The van der Waals surface area contributed by atoms with E-state index in [0.717, 1.165) is 58.3 Å². The topological polar surface area (TPSA) is 74.4 Å². The number of ether oxygens (including phenoxy) is 2. The highest BCUT2D eigenvalue weighted by atomic mass is 16.6. The highest BCUT2D eigenvalue weighted by Crippen LogP contribution is 2.40. The summed E-state index contributed by atoms with van der Waals surface area (Å²) in [7, 11) is 0. The Morgan fingerprint density at radius 2 is 2.11 bits per heavy atom. The predicted octanol–water partition coefficient (Wildman–Crippen LogP) is 2.28. The number of hydrazine groups is 1. The number of hydrogen-bond donors (Lipinski definition) is 1. The van der Waals surface area contributed by atoms with Crippen LogP contribution in [-0.4, -0.2) is 71.5 Å². The maximum atomic E-state index is 12.2. The summed E-state index contributed by atoms with van der Waals surface area (Å²) < 4.78 is 10.9. The number of amides is 2. The van der Waals surface area contributed by atoms with Crippen molar-refractivity contribution in [3.63, 3.8) is 0 Å². The molecule has 0 aromatic heterocycles. The first-order valence-corrected chi connectivity index (χ1v) is 10.2. The largest absolute Gasteiger partial charge is 0.450 e. The fourth-order valence-electron chi connectivity index (χ4n) is 4.95. The van der Waals surface area contributed by atoms with Gasteiger partial charge in [0.05, 0.1) is 12.6 Å². The molecule has 1 aliphatic carbocycles. The molecule has 2 amide bonds. The van der Waals surface area contributed by atoms with Crippen LogP contribution in [0.2, 0.25) is 0 Å². The Morgan fingerprint density at radius 3 is 2.74 bits per heavy atom. The van der Waals surface area contributed by atoms with Crippen molar-refractivity contribution in [2.24, 2.45) is 5.92 Å². The van der Waals surface area contributed by atoms with Crippen molar-refractivity contribution in [3.8, 4) is 0 Å². The number of nitrogens with one attached hydrogen (secondary N) is 1. The molecule has 0 aromatic carbocycles. The lowest BCUT2D eigenvalue weighted by Gasteiger charge is -2.49. The Balaban J connectivity index is 1.42. The first kappa shape index (κ1) is 18.4. The van der Waals surface area contributed by atoms with Gasteiger partial charge in [0.1, 0.15) is 0 Å². The van der Waals surface area contributed by atoms with E-state index in [2.05, 4.69) is 23.3 Å². The van der Waals surface area contributed by atoms with E-state index in [1.54, 1.807) is 0 Å². The molecular weight excluding hydrogens is 348 g/mol. The average molecular weight is 378 g/mol. The van der Waals surface area contributed by atoms with E-state index >= 15 is 0 Å². The molecule has 150 valence electrons. The summed E-state index contributed by atoms with van der Waals surface area (Å²) in [5, 5.41) is 1.98. The van der Waals surface area contributed by atoms with Gasteiger partial charge in [-0.05, 0) is 32.3 Å². The first-order valence-electron chi connectivity index (χ1n) is 10.2. The standard InChI is InChI=1S/C19H30N4O4/c1-3-9-23-19(27-17(24)20-23)7-10-21(11-8-19)16-12-15-6-5-14(16)13-22(15)18(25)26-4-2/h12,14-15H,3-11,13H2,1-2H3,(H,20,24). The molecule has 3 fully saturated rings. The van der Waals surface area contributed by atoms with Crippen molar-refractivity contribution in [1.29, 1.82) is 0 Å². The number of likely N-dealkylation sites (tertiary alicyclic amines) is 1. The Bertz CT molecular complexity index is 629. The number of piperidine rings is 2. The highest BCUT2D eigenvalue weighted by Gasteiger charge is 2.50. The molecule has 2 atom stereocenters. The van der Waals surface area contributed by atoms with Gasteiger partial charge in [-0.1, -0.05) is 6.92 Å². The Kier molecular flexibility index (Phi) is 4.92. The Morgan fingerprint density at radius 1 is 1.33 bits per heavy atom. The number of nitrogens with zero attached hydrogens (tertiary/aromatic N) is 3. The van der Waals surface area contributed by atoms with Crippen LogP contribution in [0.4, 0.5) is 9.59 Å². The van der Waals surface area contributed by atoms with Crippen LogP contribution in [0.3, 0.4) is 0 Å². The molecule has 3 saturated heterocycles. The van der Waals surface area contributed by atoms with Crippen molar-refractivity contribution in [2.45, 2.75) is 57.7 Å². The van der Waals surface area contributed by atoms with Gasteiger partial charge in [-0.15, -0.1) is 0 Å². The summed E-state index contributed by atoms with van der Waals surface area (Å²) in [5.74, 6) is 0.379. The van der Waals surface area contributed by atoms with E-state index in [-0.39, 0.29) is 18.2 Å². The predicted molar refractivity (Wildman–Crippen MR) is 98.5 cm³/mol. The smallest absolute Gasteiger partial charge is 0.423 e. The lowest BCUT2D eigenvalue weighted by Crippen LogP contribution is -2.57. The van der Waals surface area contributed by atoms with Gasteiger partial charge in [0.2, 0.25) is 0 Å². The molecule has 4 heterocycles. The van der Waals surface area contributed by atoms with Crippen molar-refractivity contribution >= 4 is 12.2 Å². The van der Waals surface area contributed by atoms with Gasteiger partial charge in [0, 0.05) is 50.6 Å². The summed E-state index contributed by atoms with van der Waals surface area (Å²) in [6.07, 6.45) is 6.41. The molecule has 1 N–H and O–H groups in total. The normalized spacial score (nSPS) is 29.6. The lowest BCUT2D eigenvalue weighted by atomic mass is 9.82. The summed E-state index contributed by atoms with van der Waals surface area (Å²) in [5.41, 5.74) is 3.70. The Hall–Kier alpha value is -1.96. The van der Waals surface area contributed by atoms with Crippen LogP contribution in [-0.2, 0) is 9.47 Å². The molecule has 4 aliphatic heterocycles. The molecular formula is C19H30N4O4. The van der Waals surface area contributed by atoms with Crippen LogP contribution in [0.25, 0.3) is 0 Å². The molecule has 8 heteroatoms. The van der Waals surface area contributed by atoms with Crippen molar-refractivity contribution in [2.75, 3.05) is 32.8 Å². The monoisotopic (exact) mass is 378 g/mol. The van der Waals surface area contributed by atoms with Crippen LogP contribution in [0.5, 0.6) is 0 Å². The summed E-state index contributed by atoms with van der Waals surface area (Å²) >= 11 is 0. The first-order chi connectivity index (χ1) is 13.1. The van der Waals surface area contributed by atoms with Crippen LogP contribution in [0.1, 0.15) is 46.0 Å². The number of hydrogen-bond acceptors (Lipinski definition) is 6. The maximum absolute atomic E-state index is 12.2. The summed E-state index contributed by atoms with van der Waals surface area (Å²) in [6, 6.07) is 0.141. The van der Waals surface area contributed by atoms with Crippen LogP contribution < -0.4 is 5.43 Å². The van der Waals surface area contributed by atoms with Gasteiger partial charge in [0.25, 0.3) is 0 Å². The average Bonchev–Trinajstić information content (AvgIpc) is 2.98. The molecule has 5 rings (SSSR count). The third-order valence-electron chi connectivity index (χ3n) is 6.27. The number of fused-ring (bicyclic) bond motifs is 2. The van der Waals surface area contributed by atoms with Crippen LogP contribution in [0, 0.1) is 5.92 Å². The van der Waals surface area contributed by atoms with Crippen LogP contribution >= 0.6 is 0 Å². The summed E-state index contributed by atoms with van der Waals surface area (Å²) in [6.45, 7) is 7.64. The van der Waals surface area contributed by atoms with E-state index in [1.807, 2.05) is 16.8 Å². The highest BCUT2D eigenvalue weighted by molar-refractivity contribution is 5.69.